The molecule has 0 bridgehead atoms. The molecule has 0 aromatic heterocycles. The summed E-state index contributed by atoms with van der Waals surface area (Å²) in [6, 6.07) is 0.506. The van der Waals surface area contributed by atoms with Gasteiger partial charge in [0.15, 0.2) is 0 Å². The second-order valence-corrected chi connectivity index (χ2v) is 6.15. The van der Waals surface area contributed by atoms with Gasteiger partial charge in [-0.1, -0.05) is 20.8 Å². The Morgan fingerprint density at radius 1 is 1.35 bits per heavy atom. The maximum Gasteiger partial charge on any atom is 0.0589 e. The molecule has 3 nitrogen and oxygen atoms in total. The van der Waals surface area contributed by atoms with Gasteiger partial charge in [-0.15, -0.1) is 0 Å². The van der Waals surface area contributed by atoms with Crippen LogP contribution in [0.3, 0.4) is 0 Å². The van der Waals surface area contributed by atoms with E-state index < -0.39 is 0 Å². The number of hydrogen-bond donors (Lipinski definition) is 1. The molecule has 17 heavy (non-hydrogen) atoms. The van der Waals surface area contributed by atoms with Crippen molar-refractivity contribution >= 4 is 11.8 Å². The molecule has 0 saturated carbocycles. The topological polar surface area (TPSA) is 38.5 Å². The van der Waals surface area contributed by atoms with Crippen LogP contribution in [0.4, 0.5) is 0 Å². The van der Waals surface area contributed by atoms with Crippen molar-refractivity contribution in [1.82, 2.24) is 4.90 Å². The number of thioether (sulfide) groups is 1. The SMILES string of the molecule is CCSCCC(CN)N(CCOC)CC(C)C. The Balaban J connectivity index is 4.16. The van der Waals surface area contributed by atoms with Crippen LogP contribution in [-0.4, -0.2) is 55.8 Å². The lowest BCUT2D eigenvalue weighted by Gasteiger charge is -2.32. The Labute approximate surface area is 111 Å². The largest absolute Gasteiger partial charge is 0.383 e. The molecule has 0 rings (SSSR count). The highest BCUT2D eigenvalue weighted by Crippen LogP contribution is 2.11. The predicted molar refractivity (Wildman–Crippen MR) is 78.7 cm³/mol. The Kier molecular flexibility index (Phi) is 11.5. The summed E-state index contributed by atoms with van der Waals surface area (Å²) >= 11 is 2.00. The van der Waals surface area contributed by atoms with Crippen molar-refractivity contribution in [3.63, 3.8) is 0 Å². The third-order valence-corrected chi connectivity index (χ3v) is 3.70. The Bertz CT molecular complexity index is 167. The van der Waals surface area contributed by atoms with Gasteiger partial charge in [-0.25, -0.2) is 0 Å². The fourth-order valence-corrected chi connectivity index (χ4v) is 2.64. The quantitative estimate of drug-likeness (QED) is 0.579. The van der Waals surface area contributed by atoms with Crippen LogP contribution in [0.5, 0.6) is 0 Å². The highest BCUT2D eigenvalue weighted by molar-refractivity contribution is 7.99. The molecule has 0 aliphatic rings. The van der Waals surface area contributed by atoms with Crippen molar-refractivity contribution in [3.05, 3.63) is 0 Å². The molecule has 0 amide bonds. The van der Waals surface area contributed by atoms with Gasteiger partial charge < -0.3 is 10.5 Å². The molecule has 104 valence electrons. The second-order valence-electron chi connectivity index (χ2n) is 4.76. The minimum absolute atomic E-state index is 0.506. The highest BCUT2D eigenvalue weighted by Gasteiger charge is 2.17. The lowest BCUT2D eigenvalue weighted by atomic mass is 10.1. The molecule has 1 unspecified atom stereocenters. The lowest BCUT2D eigenvalue weighted by Crippen LogP contribution is -2.44. The van der Waals surface area contributed by atoms with Crippen LogP contribution in [0.15, 0.2) is 0 Å². The molecular formula is C13H30N2OS. The molecule has 1 atom stereocenters. The van der Waals surface area contributed by atoms with Gasteiger partial charge >= 0.3 is 0 Å². The first-order chi connectivity index (χ1) is 8.15. The monoisotopic (exact) mass is 262 g/mol. The molecule has 0 aliphatic heterocycles. The summed E-state index contributed by atoms with van der Waals surface area (Å²) in [4.78, 5) is 2.49. The van der Waals surface area contributed by atoms with Gasteiger partial charge in [0.1, 0.15) is 0 Å². The van der Waals surface area contributed by atoms with E-state index in [0.29, 0.717) is 12.0 Å². The van der Waals surface area contributed by atoms with Crippen LogP contribution >= 0.6 is 11.8 Å². The predicted octanol–water partition coefficient (Wildman–Crippen LogP) is 2.06. The standard InChI is InChI=1S/C13H30N2OS/c1-5-17-9-6-13(10-14)15(7-8-16-4)11-12(2)3/h12-13H,5-11,14H2,1-4H3. The number of rotatable bonds is 11. The average Bonchev–Trinajstić information content (AvgIpc) is 2.30. The highest BCUT2D eigenvalue weighted by atomic mass is 32.2. The number of nitrogens with zero attached hydrogens (tertiary/aromatic N) is 1. The summed E-state index contributed by atoms with van der Waals surface area (Å²) in [5.41, 5.74) is 5.91. The summed E-state index contributed by atoms with van der Waals surface area (Å²) in [6.07, 6.45) is 1.19. The van der Waals surface area contributed by atoms with Gasteiger partial charge in [-0.3, -0.25) is 4.90 Å². The van der Waals surface area contributed by atoms with Crippen LogP contribution in [-0.2, 0) is 4.74 Å². The molecule has 0 spiro atoms. The van der Waals surface area contributed by atoms with E-state index in [9.17, 15) is 0 Å². The van der Waals surface area contributed by atoms with Crippen LogP contribution < -0.4 is 5.73 Å². The van der Waals surface area contributed by atoms with Crippen LogP contribution in [0.1, 0.15) is 27.2 Å². The van der Waals surface area contributed by atoms with E-state index in [2.05, 4.69) is 25.7 Å². The Morgan fingerprint density at radius 3 is 2.53 bits per heavy atom. The number of methoxy groups -OCH3 is 1. The van der Waals surface area contributed by atoms with Crippen LogP contribution in [0.2, 0.25) is 0 Å². The number of nitrogens with two attached hydrogens (primary N) is 1. The molecule has 0 radical (unpaired) electrons. The van der Waals surface area contributed by atoms with E-state index in [1.54, 1.807) is 7.11 Å². The number of ether oxygens (including phenoxy) is 1. The maximum absolute atomic E-state index is 5.91. The molecular weight excluding hydrogens is 232 g/mol. The zero-order chi connectivity index (χ0) is 13.1. The van der Waals surface area contributed by atoms with Gasteiger partial charge in [0.25, 0.3) is 0 Å². The lowest BCUT2D eigenvalue weighted by molar-refractivity contribution is 0.110. The maximum atomic E-state index is 5.91. The zero-order valence-corrected chi connectivity index (χ0v) is 12.8. The fraction of sp³-hybridized carbons (Fsp3) is 1.00. The first kappa shape index (κ1) is 17.2. The third-order valence-electron chi connectivity index (χ3n) is 2.77. The van der Waals surface area contributed by atoms with E-state index in [0.717, 1.165) is 26.2 Å². The smallest absolute Gasteiger partial charge is 0.0589 e. The van der Waals surface area contributed by atoms with Crippen molar-refractivity contribution in [3.8, 4) is 0 Å². The molecule has 0 aromatic carbocycles. The van der Waals surface area contributed by atoms with E-state index >= 15 is 0 Å². The van der Waals surface area contributed by atoms with Crippen molar-refractivity contribution < 1.29 is 4.74 Å². The van der Waals surface area contributed by atoms with Gasteiger partial charge in [0, 0.05) is 32.8 Å². The molecule has 0 fully saturated rings. The summed E-state index contributed by atoms with van der Waals surface area (Å²) in [5, 5.41) is 0. The van der Waals surface area contributed by atoms with Crippen molar-refractivity contribution in [1.29, 1.82) is 0 Å². The molecule has 0 saturated heterocycles. The molecule has 0 aliphatic carbocycles. The second kappa shape index (κ2) is 11.3. The van der Waals surface area contributed by atoms with Crippen LogP contribution in [0, 0.1) is 5.92 Å². The van der Waals surface area contributed by atoms with Crippen LogP contribution in [0.25, 0.3) is 0 Å². The fourth-order valence-electron chi connectivity index (χ4n) is 1.91. The first-order valence-corrected chi connectivity index (χ1v) is 7.81. The molecule has 0 aromatic rings. The van der Waals surface area contributed by atoms with Gasteiger partial charge in [0.05, 0.1) is 6.61 Å². The van der Waals surface area contributed by atoms with Crippen molar-refractivity contribution in [2.75, 3.05) is 44.9 Å². The molecule has 0 heterocycles. The van der Waals surface area contributed by atoms with Gasteiger partial charge in [-0.05, 0) is 23.8 Å². The summed E-state index contributed by atoms with van der Waals surface area (Å²) < 4.78 is 5.19. The van der Waals surface area contributed by atoms with E-state index in [-0.39, 0.29) is 0 Å². The van der Waals surface area contributed by atoms with Gasteiger partial charge in [-0.2, -0.15) is 11.8 Å². The zero-order valence-electron chi connectivity index (χ0n) is 11.9. The van der Waals surface area contributed by atoms with Gasteiger partial charge in [0.2, 0.25) is 0 Å². The normalized spacial score (nSPS) is 13.6. The van der Waals surface area contributed by atoms with E-state index in [1.807, 2.05) is 11.8 Å². The average molecular weight is 262 g/mol. The summed E-state index contributed by atoms with van der Waals surface area (Å²) in [6.45, 7) is 10.4. The number of hydrogen-bond acceptors (Lipinski definition) is 4. The summed E-state index contributed by atoms with van der Waals surface area (Å²) in [5.74, 6) is 3.08. The van der Waals surface area contributed by atoms with Crippen molar-refractivity contribution in [2.45, 2.75) is 33.2 Å². The van der Waals surface area contributed by atoms with Crippen molar-refractivity contribution in [2.24, 2.45) is 11.7 Å². The summed E-state index contributed by atoms with van der Waals surface area (Å²) in [7, 11) is 1.76. The minimum Gasteiger partial charge on any atom is -0.383 e. The van der Waals surface area contributed by atoms with E-state index in [4.69, 9.17) is 10.5 Å². The molecule has 2 N–H and O–H groups in total. The minimum atomic E-state index is 0.506. The first-order valence-electron chi connectivity index (χ1n) is 6.66. The van der Waals surface area contributed by atoms with E-state index in [1.165, 1.54) is 17.9 Å². The Morgan fingerprint density at radius 2 is 2.06 bits per heavy atom. The molecule has 4 heteroatoms. The third kappa shape index (κ3) is 8.89. The Hall–Kier alpha value is 0.230.